The van der Waals surface area contributed by atoms with Crippen LogP contribution in [-0.2, 0) is 11.3 Å². The van der Waals surface area contributed by atoms with Crippen LogP contribution in [0.3, 0.4) is 0 Å². The second kappa shape index (κ2) is 10.3. The first kappa shape index (κ1) is 24.1. The molecular weight excluding hydrogens is 426 g/mol. The molecule has 0 aliphatic heterocycles. The van der Waals surface area contributed by atoms with Crippen LogP contribution in [0.5, 0.6) is 0 Å². The van der Waals surface area contributed by atoms with E-state index in [-0.39, 0.29) is 23.9 Å². The van der Waals surface area contributed by atoms with Crippen LogP contribution in [0.15, 0.2) is 23.0 Å². The molecule has 1 aromatic heterocycles. The van der Waals surface area contributed by atoms with Crippen molar-refractivity contribution in [2.24, 2.45) is 5.92 Å². The van der Waals surface area contributed by atoms with Crippen LogP contribution < -0.4 is 15.8 Å². The number of halogens is 1. The number of aldehydes is 1. The first-order valence-corrected chi connectivity index (χ1v) is 11.6. The normalized spacial score (nSPS) is 18.3. The highest BCUT2D eigenvalue weighted by molar-refractivity contribution is 6.31. The van der Waals surface area contributed by atoms with Gasteiger partial charge in [0, 0.05) is 52.6 Å². The number of rotatable bonds is 7. The average Bonchev–Trinajstić information content (AvgIpc) is 2.75. The third-order valence-corrected chi connectivity index (χ3v) is 6.75. The van der Waals surface area contributed by atoms with Gasteiger partial charge >= 0.3 is 0 Å². The van der Waals surface area contributed by atoms with E-state index in [1.807, 2.05) is 32.9 Å². The van der Waals surface area contributed by atoms with Gasteiger partial charge in [0.15, 0.2) is 0 Å². The number of benzene rings is 1. The van der Waals surface area contributed by atoms with Crippen LogP contribution in [0.4, 0.5) is 5.69 Å². The minimum Gasteiger partial charge on any atom is -0.369 e. The highest BCUT2D eigenvalue weighted by atomic mass is 35.5. The topological polar surface area (TPSA) is 82.3 Å². The summed E-state index contributed by atoms with van der Waals surface area (Å²) in [6.45, 7) is 8.66. The smallest absolute Gasteiger partial charge is 0.253 e. The molecule has 0 unspecified atom stereocenters. The molecule has 3 rings (SSSR count). The number of hydrogen-bond acceptors (Lipinski definition) is 4. The molecule has 6 nitrogen and oxygen atoms in total. The predicted octanol–water partition coefficient (Wildman–Crippen LogP) is 4.47. The molecule has 1 aliphatic rings. The van der Waals surface area contributed by atoms with Gasteiger partial charge in [0.25, 0.3) is 11.5 Å². The number of nitrogens with one attached hydrogen (secondary N) is 2. The zero-order valence-electron chi connectivity index (χ0n) is 19.3. The summed E-state index contributed by atoms with van der Waals surface area (Å²) in [6, 6.07) is 5.80. The van der Waals surface area contributed by atoms with E-state index < -0.39 is 0 Å². The highest BCUT2D eigenvalue weighted by Crippen LogP contribution is 2.34. The zero-order valence-corrected chi connectivity index (χ0v) is 20.0. The van der Waals surface area contributed by atoms with Gasteiger partial charge in [0.2, 0.25) is 0 Å². The van der Waals surface area contributed by atoms with E-state index in [4.69, 9.17) is 11.6 Å². The number of carbonyl (C=O) groups is 2. The Kier molecular flexibility index (Phi) is 7.77. The minimum atomic E-state index is -0.258. The summed E-state index contributed by atoms with van der Waals surface area (Å²) in [5.74, 6) is -0.105. The lowest BCUT2D eigenvalue weighted by molar-refractivity contribution is -0.111. The lowest BCUT2D eigenvalue weighted by Crippen LogP contribution is -2.39. The second-order valence-corrected chi connectivity index (χ2v) is 9.15. The molecule has 0 saturated heterocycles. The van der Waals surface area contributed by atoms with Crippen LogP contribution in [0.25, 0.3) is 0 Å². The van der Waals surface area contributed by atoms with E-state index in [0.717, 1.165) is 61.0 Å². The maximum atomic E-state index is 13.1. The number of aromatic nitrogens is 1. The highest BCUT2D eigenvalue weighted by Gasteiger charge is 2.27. The van der Waals surface area contributed by atoms with E-state index in [0.29, 0.717) is 22.2 Å². The largest absolute Gasteiger partial charge is 0.369 e. The van der Waals surface area contributed by atoms with Gasteiger partial charge in [-0.15, -0.1) is 0 Å². The minimum absolute atomic E-state index is 0.148. The Morgan fingerprint density at radius 3 is 2.47 bits per heavy atom. The van der Waals surface area contributed by atoms with Crippen molar-refractivity contribution in [2.75, 3.05) is 11.4 Å². The van der Waals surface area contributed by atoms with Gasteiger partial charge in [-0.25, -0.2) is 0 Å². The van der Waals surface area contributed by atoms with Gasteiger partial charge in [0.1, 0.15) is 6.29 Å². The molecule has 1 aromatic carbocycles. The van der Waals surface area contributed by atoms with Crippen molar-refractivity contribution in [3.8, 4) is 0 Å². The molecule has 0 bridgehead atoms. The summed E-state index contributed by atoms with van der Waals surface area (Å²) >= 11 is 6.43. The Bertz CT molecular complexity index is 1060. The monoisotopic (exact) mass is 457 g/mol. The number of pyridine rings is 1. The Balaban J connectivity index is 1.83. The lowest BCUT2D eigenvalue weighted by atomic mass is 9.85. The van der Waals surface area contributed by atoms with Crippen LogP contribution in [-0.4, -0.2) is 29.8 Å². The Labute approximate surface area is 194 Å². The van der Waals surface area contributed by atoms with Crippen LogP contribution in [0, 0.1) is 26.7 Å². The van der Waals surface area contributed by atoms with Crippen molar-refractivity contribution in [3.63, 3.8) is 0 Å². The molecule has 1 amide bonds. The standard InChI is InChI=1S/C25H32ClN3O3/c1-5-29(20-8-6-18(14-30)7-9-20)23-12-19(26)11-21(17(23)4)24(31)27-13-22-15(2)10-16(3)28-25(22)32/h10-12,14,18,20H,5-9,13H2,1-4H3,(H,27,31)(H,28,32)/t18-,20-. The third kappa shape index (κ3) is 5.23. The number of anilines is 1. The lowest BCUT2D eigenvalue weighted by Gasteiger charge is -2.38. The van der Waals surface area contributed by atoms with Gasteiger partial charge in [-0.1, -0.05) is 11.6 Å². The first-order chi connectivity index (χ1) is 15.2. The fourth-order valence-electron chi connectivity index (χ4n) is 4.74. The summed E-state index contributed by atoms with van der Waals surface area (Å²) in [5.41, 5.74) is 4.32. The van der Waals surface area contributed by atoms with Gasteiger partial charge in [-0.05, 0) is 82.7 Å². The van der Waals surface area contributed by atoms with Crippen molar-refractivity contribution in [3.05, 3.63) is 61.5 Å². The molecule has 172 valence electrons. The maximum absolute atomic E-state index is 13.1. The summed E-state index contributed by atoms with van der Waals surface area (Å²) < 4.78 is 0. The molecule has 1 heterocycles. The van der Waals surface area contributed by atoms with Gasteiger partial charge in [-0.3, -0.25) is 9.59 Å². The number of aryl methyl sites for hydroxylation is 2. The quantitative estimate of drug-likeness (QED) is 0.601. The predicted molar refractivity (Wildman–Crippen MR) is 129 cm³/mol. The summed E-state index contributed by atoms with van der Waals surface area (Å²) in [6.07, 6.45) is 4.74. The van der Waals surface area contributed by atoms with E-state index in [1.54, 1.807) is 6.07 Å². The Morgan fingerprint density at radius 1 is 1.19 bits per heavy atom. The summed E-state index contributed by atoms with van der Waals surface area (Å²) in [7, 11) is 0. The van der Waals surface area contributed by atoms with Crippen LogP contribution in [0.1, 0.15) is 65.3 Å². The van der Waals surface area contributed by atoms with Crippen molar-refractivity contribution >= 4 is 29.5 Å². The molecule has 1 aliphatic carbocycles. The number of hydrogen-bond donors (Lipinski definition) is 2. The van der Waals surface area contributed by atoms with E-state index in [1.165, 1.54) is 0 Å². The van der Waals surface area contributed by atoms with Crippen LogP contribution in [0.2, 0.25) is 5.02 Å². The molecule has 0 spiro atoms. The second-order valence-electron chi connectivity index (χ2n) is 8.71. The Hall–Kier alpha value is -2.60. The van der Waals surface area contributed by atoms with E-state index in [9.17, 15) is 14.4 Å². The fraction of sp³-hybridized carbons (Fsp3) is 0.480. The zero-order chi connectivity index (χ0) is 23.4. The molecular formula is C25H32ClN3O3. The molecule has 7 heteroatoms. The average molecular weight is 458 g/mol. The number of H-pyrrole nitrogens is 1. The molecule has 32 heavy (non-hydrogen) atoms. The molecule has 2 aromatic rings. The van der Waals surface area contributed by atoms with Crippen LogP contribution >= 0.6 is 11.6 Å². The summed E-state index contributed by atoms with van der Waals surface area (Å²) in [4.78, 5) is 41.5. The molecule has 0 radical (unpaired) electrons. The summed E-state index contributed by atoms with van der Waals surface area (Å²) in [5, 5.41) is 3.39. The van der Waals surface area contributed by atoms with E-state index >= 15 is 0 Å². The number of nitrogens with zero attached hydrogens (tertiary/aromatic N) is 1. The molecule has 2 N–H and O–H groups in total. The van der Waals surface area contributed by atoms with Gasteiger partial charge < -0.3 is 20.0 Å². The van der Waals surface area contributed by atoms with Gasteiger partial charge in [-0.2, -0.15) is 0 Å². The van der Waals surface area contributed by atoms with Gasteiger partial charge in [0.05, 0.1) is 0 Å². The molecule has 1 saturated carbocycles. The number of aromatic amines is 1. The fourth-order valence-corrected chi connectivity index (χ4v) is 4.95. The Morgan fingerprint density at radius 2 is 1.88 bits per heavy atom. The molecule has 0 atom stereocenters. The molecule has 1 fully saturated rings. The number of amides is 1. The SMILES string of the molecule is CCN(c1cc(Cl)cc(C(=O)NCc2c(C)cc(C)[nH]c2=O)c1C)[C@H]1CC[C@H](C=O)CC1. The first-order valence-electron chi connectivity index (χ1n) is 11.2. The maximum Gasteiger partial charge on any atom is 0.253 e. The van der Waals surface area contributed by atoms with Crippen molar-refractivity contribution in [2.45, 2.75) is 66.0 Å². The van der Waals surface area contributed by atoms with Crippen molar-refractivity contribution < 1.29 is 9.59 Å². The van der Waals surface area contributed by atoms with E-state index in [2.05, 4.69) is 22.1 Å². The van der Waals surface area contributed by atoms with Crippen molar-refractivity contribution in [1.82, 2.24) is 10.3 Å². The number of carbonyl (C=O) groups excluding carboxylic acids is 2. The third-order valence-electron chi connectivity index (χ3n) is 6.53. The van der Waals surface area contributed by atoms with Crippen molar-refractivity contribution in [1.29, 1.82) is 0 Å².